The maximum atomic E-state index is 12.5. The third-order valence-corrected chi connectivity index (χ3v) is 5.02. The summed E-state index contributed by atoms with van der Waals surface area (Å²) in [6, 6.07) is 12.0. The van der Waals surface area contributed by atoms with Gasteiger partial charge in [-0.05, 0) is 41.8 Å². The molecule has 2 N–H and O–H groups in total. The van der Waals surface area contributed by atoms with Gasteiger partial charge in [-0.3, -0.25) is 4.79 Å². The third kappa shape index (κ3) is 2.88. The van der Waals surface area contributed by atoms with Crippen molar-refractivity contribution < 1.29 is 23.8 Å². The molecule has 2 aromatic heterocycles. The number of nitrogens with one attached hydrogen (secondary N) is 1. The zero-order chi connectivity index (χ0) is 17.3. The first kappa shape index (κ1) is 15.7. The summed E-state index contributed by atoms with van der Waals surface area (Å²) in [6.45, 7) is 0.130. The van der Waals surface area contributed by atoms with E-state index in [0.29, 0.717) is 27.7 Å². The molecule has 1 amide bonds. The van der Waals surface area contributed by atoms with Gasteiger partial charge < -0.3 is 24.3 Å². The minimum Gasteiger partial charge on any atom is -0.466 e. The van der Waals surface area contributed by atoms with Crippen LogP contribution in [0.1, 0.15) is 21.0 Å². The van der Waals surface area contributed by atoms with Crippen molar-refractivity contribution >= 4 is 17.2 Å². The fourth-order valence-corrected chi connectivity index (χ4v) is 3.50. The number of hydrogen-bond acceptors (Lipinski definition) is 6. The average Bonchev–Trinajstić information content (AvgIpc) is 3.40. The lowest BCUT2D eigenvalue weighted by Crippen LogP contribution is -2.41. The summed E-state index contributed by atoms with van der Waals surface area (Å²) in [5.41, 5.74) is -0.999. The zero-order valence-electron chi connectivity index (χ0n) is 13.1. The largest absolute Gasteiger partial charge is 0.466 e. The highest BCUT2D eigenvalue weighted by atomic mass is 32.1. The molecule has 0 fully saturated rings. The van der Waals surface area contributed by atoms with Gasteiger partial charge >= 0.3 is 0 Å². The van der Waals surface area contributed by atoms with Crippen molar-refractivity contribution in [2.45, 2.75) is 5.60 Å². The van der Waals surface area contributed by atoms with Crippen molar-refractivity contribution in [2.24, 2.45) is 0 Å². The molecule has 128 valence electrons. The summed E-state index contributed by atoms with van der Waals surface area (Å²) < 4.78 is 15.9. The van der Waals surface area contributed by atoms with Gasteiger partial charge in [0.2, 0.25) is 6.79 Å². The molecule has 7 heteroatoms. The summed E-state index contributed by atoms with van der Waals surface area (Å²) >= 11 is 1.39. The Hall–Kier alpha value is -2.77. The van der Waals surface area contributed by atoms with Crippen LogP contribution in [-0.4, -0.2) is 24.4 Å². The van der Waals surface area contributed by atoms with Gasteiger partial charge in [0, 0.05) is 10.4 Å². The minimum absolute atomic E-state index is 0.0195. The van der Waals surface area contributed by atoms with E-state index in [4.69, 9.17) is 13.9 Å². The van der Waals surface area contributed by atoms with Crippen molar-refractivity contribution in [2.75, 3.05) is 13.3 Å². The number of thiophene rings is 1. The molecule has 1 atom stereocenters. The Morgan fingerprint density at radius 2 is 2.08 bits per heavy atom. The quantitative estimate of drug-likeness (QED) is 0.734. The number of aliphatic hydroxyl groups is 1. The lowest BCUT2D eigenvalue weighted by molar-refractivity contribution is 0.0554. The number of benzene rings is 1. The third-order valence-electron chi connectivity index (χ3n) is 4.00. The van der Waals surface area contributed by atoms with Crippen LogP contribution in [0.5, 0.6) is 11.5 Å². The molecule has 1 aromatic carbocycles. The normalized spacial score (nSPS) is 14.9. The van der Waals surface area contributed by atoms with Crippen molar-refractivity contribution in [3.8, 4) is 11.5 Å². The molecule has 0 radical (unpaired) electrons. The van der Waals surface area contributed by atoms with Crippen LogP contribution in [0.4, 0.5) is 0 Å². The Kier molecular flexibility index (Phi) is 3.95. The Morgan fingerprint density at radius 3 is 2.84 bits per heavy atom. The van der Waals surface area contributed by atoms with Crippen LogP contribution in [0, 0.1) is 0 Å². The van der Waals surface area contributed by atoms with Crippen LogP contribution < -0.4 is 14.8 Å². The maximum absolute atomic E-state index is 12.5. The monoisotopic (exact) mass is 357 g/mol. The molecule has 3 aromatic rings. The number of furan rings is 1. The van der Waals surface area contributed by atoms with Gasteiger partial charge in [-0.1, -0.05) is 6.07 Å². The molecule has 0 bridgehead atoms. The lowest BCUT2D eigenvalue weighted by atomic mass is 9.98. The molecule has 1 aliphatic heterocycles. The number of rotatable bonds is 5. The molecular weight excluding hydrogens is 342 g/mol. The van der Waals surface area contributed by atoms with Gasteiger partial charge in [-0.2, -0.15) is 0 Å². The van der Waals surface area contributed by atoms with E-state index in [1.807, 2.05) is 11.4 Å². The number of fused-ring (bicyclic) bond motifs is 1. The summed E-state index contributed by atoms with van der Waals surface area (Å²) in [6.07, 6.45) is 1.49. The number of carbonyl (C=O) groups excluding carboxylic acids is 1. The predicted molar refractivity (Wildman–Crippen MR) is 90.9 cm³/mol. The highest BCUT2D eigenvalue weighted by Crippen LogP contribution is 2.34. The van der Waals surface area contributed by atoms with Crippen LogP contribution >= 0.6 is 11.3 Å². The summed E-state index contributed by atoms with van der Waals surface area (Å²) in [5.74, 6) is 1.20. The lowest BCUT2D eigenvalue weighted by Gasteiger charge is -2.25. The van der Waals surface area contributed by atoms with Crippen molar-refractivity contribution in [3.63, 3.8) is 0 Å². The molecule has 0 spiro atoms. The molecule has 6 nitrogen and oxygen atoms in total. The smallest absolute Gasteiger partial charge is 0.251 e. The van der Waals surface area contributed by atoms with E-state index in [9.17, 15) is 9.90 Å². The first-order chi connectivity index (χ1) is 12.2. The number of amides is 1. The molecule has 25 heavy (non-hydrogen) atoms. The standard InChI is InChI=1S/C18H15NO5S/c20-17(12-5-6-13-14(9-12)24-11-23-13)19-10-18(21,15-3-1-7-22-15)16-4-2-8-25-16/h1-9,21H,10-11H2,(H,19,20)/t18-/m0/s1. The van der Waals surface area contributed by atoms with E-state index < -0.39 is 5.60 Å². The Morgan fingerprint density at radius 1 is 1.20 bits per heavy atom. The topological polar surface area (TPSA) is 80.9 Å². The van der Waals surface area contributed by atoms with E-state index in [0.717, 1.165) is 0 Å². The number of ether oxygens (including phenoxy) is 2. The van der Waals surface area contributed by atoms with Gasteiger partial charge in [-0.15, -0.1) is 11.3 Å². The van der Waals surface area contributed by atoms with Crippen molar-refractivity contribution in [1.82, 2.24) is 5.32 Å². The number of hydrogen-bond donors (Lipinski definition) is 2. The molecule has 1 aliphatic rings. The minimum atomic E-state index is -1.43. The Bertz CT molecular complexity index is 839. The van der Waals surface area contributed by atoms with Gasteiger partial charge in [0.25, 0.3) is 5.91 Å². The molecule has 3 heterocycles. The molecule has 0 saturated heterocycles. The van der Waals surface area contributed by atoms with Crippen LogP contribution in [0.25, 0.3) is 0 Å². The fraction of sp³-hybridized carbons (Fsp3) is 0.167. The van der Waals surface area contributed by atoms with E-state index in [1.54, 1.807) is 36.4 Å². The van der Waals surface area contributed by atoms with Crippen molar-refractivity contribution in [1.29, 1.82) is 0 Å². The van der Waals surface area contributed by atoms with Gasteiger partial charge in [-0.25, -0.2) is 0 Å². The average molecular weight is 357 g/mol. The number of carbonyl (C=O) groups is 1. The van der Waals surface area contributed by atoms with E-state index in [2.05, 4.69) is 5.32 Å². The SMILES string of the molecule is O=C(NC[C@](O)(c1ccco1)c1cccs1)c1ccc2c(c1)OCO2. The van der Waals surface area contributed by atoms with E-state index in [-0.39, 0.29) is 19.2 Å². The first-order valence-electron chi connectivity index (χ1n) is 7.65. The second-order valence-corrected chi connectivity index (χ2v) is 6.51. The second-order valence-electron chi connectivity index (χ2n) is 5.57. The molecule has 0 unspecified atom stereocenters. The van der Waals surface area contributed by atoms with Crippen LogP contribution in [-0.2, 0) is 5.60 Å². The van der Waals surface area contributed by atoms with Crippen LogP contribution in [0.3, 0.4) is 0 Å². The highest BCUT2D eigenvalue weighted by Gasteiger charge is 2.36. The van der Waals surface area contributed by atoms with Crippen molar-refractivity contribution in [3.05, 3.63) is 70.3 Å². The van der Waals surface area contributed by atoms with Gasteiger partial charge in [0.05, 0.1) is 12.8 Å². The summed E-state index contributed by atoms with van der Waals surface area (Å²) in [4.78, 5) is 13.2. The second kappa shape index (κ2) is 6.27. The van der Waals surface area contributed by atoms with E-state index in [1.165, 1.54) is 17.6 Å². The van der Waals surface area contributed by atoms with Crippen LogP contribution in [0.2, 0.25) is 0 Å². The van der Waals surface area contributed by atoms with Gasteiger partial charge in [0.15, 0.2) is 17.1 Å². The highest BCUT2D eigenvalue weighted by molar-refractivity contribution is 7.10. The van der Waals surface area contributed by atoms with E-state index >= 15 is 0 Å². The summed E-state index contributed by atoms with van der Waals surface area (Å²) in [7, 11) is 0. The molecule has 0 saturated carbocycles. The predicted octanol–water partition coefficient (Wildman–Crippen LogP) is 2.74. The fourth-order valence-electron chi connectivity index (χ4n) is 2.67. The Labute approximate surface area is 147 Å². The summed E-state index contributed by atoms with van der Waals surface area (Å²) in [5, 5.41) is 15.8. The maximum Gasteiger partial charge on any atom is 0.251 e. The zero-order valence-corrected chi connectivity index (χ0v) is 13.9. The van der Waals surface area contributed by atoms with Crippen LogP contribution in [0.15, 0.2) is 58.5 Å². The molecule has 0 aliphatic carbocycles. The Balaban J connectivity index is 1.55. The molecule has 4 rings (SSSR count). The van der Waals surface area contributed by atoms with Gasteiger partial charge in [0.1, 0.15) is 5.76 Å². The molecular formula is C18H15NO5S. The first-order valence-corrected chi connectivity index (χ1v) is 8.53.